The number of nitrogens with one attached hydrogen (secondary N) is 2. The summed E-state index contributed by atoms with van der Waals surface area (Å²) in [5.41, 5.74) is 1.37. The van der Waals surface area contributed by atoms with Gasteiger partial charge in [0.15, 0.2) is 0 Å². The third-order valence-electron chi connectivity index (χ3n) is 3.77. The van der Waals surface area contributed by atoms with Gasteiger partial charge in [0.25, 0.3) is 0 Å². The highest BCUT2D eigenvalue weighted by atomic mass is 32.1. The summed E-state index contributed by atoms with van der Waals surface area (Å²) in [5, 5.41) is 10.4. The predicted octanol–water partition coefficient (Wildman–Crippen LogP) is 3.66. The Morgan fingerprint density at radius 2 is 2.05 bits per heavy atom. The van der Waals surface area contributed by atoms with Crippen LogP contribution in [0.5, 0.6) is 0 Å². The van der Waals surface area contributed by atoms with Crippen molar-refractivity contribution in [1.29, 1.82) is 0 Å². The molecule has 1 aromatic heterocycles. The molecule has 1 heterocycles. The van der Waals surface area contributed by atoms with Crippen molar-refractivity contribution in [3.05, 3.63) is 22.4 Å². The molecule has 0 aliphatic heterocycles. The molecule has 1 fully saturated rings. The maximum Gasteiger partial charge on any atom is 0.315 e. The number of thiophene rings is 1. The monoisotopic (exact) mass is 280 g/mol. The Bertz CT molecular complexity index is 414. The van der Waals surface area contributed by atoms with Crippen molar-refractivity contribution in [2.24, 2.45) is 0 Å². The Morgan fingerprint density at radius 3 is 2.58 bits per heavy atom. The minimum absolute atomic E-state index is 0.0611. The Kier molecular flexibility index (Phi) is 4.19. The Hall–Kier alpha value is -1.03. The second-order valence-corrected chi connectivity index (χ2v) is 7.34. The van der Waals surface area contributed by atoms with E-state index in [1.807, 2.05) is 20.8 Å². The van der Waals surface area contributed by atoms with Crippen molar-refractivity contribution >= 4 is 17.4 Å². The zero-order valence-electron chi connectivity index (χ0n) is 12.1. The Balaban J connectivity index is 1.97. The molecule has 19 heavy (non-hydrogen) atoms. The predicted molar refractivity (Wildman–Crippen MR) is 80.8 cm³/mol. The molecule has 3 nitrogen and oxygen atoms in total. The van der Waals surface area contributed by atoms with Gasteiger partial charge in [0.2, 0.25) is 0 Å². The normalized spacial score (nSPS) is 18.3. The summed E-state index contributed by atoms with van der Waals surface area (Å²) in [4.78, 5) is 11.9. The maximum atomic E-state index is 11.9. The lowest BCUT2D eigenvalue weighted by Gasteiger charge is -2.30. The summed E-state index contributed by atoms with van der Waals surface area (Å²) in [7, 11) is 0. The van der Waals surface area contributed by atoms with Gasteiger partial charge < -0.3 is 10.6 Å². The molecule has 1 aliphatic carbocycles. The van der Waals surface area contributed by atoms with Crippen LogP contribution in [-0.2, 0) is 5.41 Å². The summed E-state index contributed by atoms with van der Waals surface area (Å²) in [5.74, 6) is 0. The van der Waals surface area contributed by atoms with E-state index >= 15 is 0 Å². The van der Waals surface area contributed by atoms with E-state index in [-0.39, 0.29) is 17.0 Å². The number of rotatable bonds is 3. The molecule has 0 unspecified atom stereocenters. The van der Waals surface area contributed by atoms with E-state index in [0.717, 1.165) is 6.54 Å². The van der Waals surface area contributed by atoms with E-state index < -0.39 is 0 Å². The largest absolute Gasteiger partial charge is 0.337 e. The van der Waals surface area contributed by atoms with Crippen molar-refractivity contribution in [3.63, 3.8) is 0 Å². The van der Waals surface area contributed by atoms with Crippen molar-refractivity contribution in [2.45, 2.75) is 57.4 Å². The Morgan fingerprint density at radius 1 is 1.37 bits per heavy atom. The highest BCUT2D eigenvalue weighted by Gasteiger charge is 2.36. The van der Waals surface area contributed by atoms with Gasteiger partial charge in [-0.1, -0.05) is 12.8 Å². The fourth-order valence-electron chi connectivity index (χ4n) is 2.82. The second kappa shape index (κ2) is 5.53. The fraction of sp³-hybridized carbons (Fsp3) is 0.667. The van der Waals surface area contributed by atoms with Crippen molar-refractivity contribution in [2.75, 3.05) is 6.54 Å². The van der Waals surface area contributed by atoms with Gasteiger partial charge in [0.1, 0.15) is 0 Å². The van der Waals surface area contributed by atoms with Crippen molar-refractivity contribution in [3.8, 4) is 0 Å². The van der Waals surface area contributed by atoms with Crippen LogP contribution in [0.25, 0.3) is 0 Å². The first-order chi connectivity index (χ1) is 8.91. The molecule has 1 saturated carbocycles. The van der Waals surface area contributed by atoms with Crippen molar-refractivity contribution in [1.82, 2.24) is 10.6 Å². The molecule has 0 radical (unpaired) electrons. The minimum Gasteiger partial charge on any atom is -0.337 e. The summed E-state index contributed by atoms with van der Waals surface area (Å²) in [6, 6.07) is 2.15. The van der Waals surface area contributed by atoms with Gasteiger partial charge in [-0.05, 0) is 56.0 Å². The number of urea groups is 1. The standard InChI is InChI=1S/C15H24N2OS/c1-14(2,3)17-13(18)16-11-15(7-4-5-8-15)12-6-9-19-10-12/h6,9-10H,4-5,7-8,11H2,1-3H3,(H2,16,17,18). The summed E-state index contributed by atoms with van der Waals surface area (Å²) in [6.07, 6.45) is 4.88. The van der Waals surface area contributed by atoms with Crippen LogP contribution in [0.4, 0.5) is 4.79 Å². The highest BCUT2D eigenvalue weighted by molar-refractivity contribution is 7.08. The van der Waals surface area contributed by atoms with E-state index in [4.69, 9.17) is 0 Å². The third-order valence-corrected chi connectivity index (χ3v) is 4.45. The first kappa shape index (κ1) is 14.4. The molecule has 0 aromatic carbocycles. The highest BCUT2D eigenvalue weighted by Crippen LogP contribution is 2.41. The maximum absolute atomic E-state index is 11.9. The molecule has 106 valence electrons. The van der Waals surface area contributed by atoms with Crippen LogP contribution in [-0.4, -0.2) is 18.1 Å². The number of carbonyl (C=O) groups excluding carboxylic acids is 1. The van der Waals surface area contributed by atoms with Crippen LogP contribution in [0, 0.1) is 0 Å². The first-order valence-electron chi connectivity index (χ1n) is 7.00. The molecule has 0 spiro atoms. The van der Waals surface area contributed by atoms with Crippen LogP contribution < -0.4 is 10.6 Å². The fourth-order valence-corrected chi connectivity index (χ4v) is 3.60. The molecule has 0 saturated heterocycles. The van der Waals surface area contributed by atoms with Crippen LogP contribution >= 0.6 is 11.3 Å². The third kappa shape index (κ3) is 3.72. The van der Waals surface area contributed by atoms with Gasteiger partial charge in [-0.25, -0.2) is 4.79 Å². The van der Waals surface area contributed by atoms with Crippen LogP contribution in [0.3, 0.4) is 0 Å². The zero-order valence-corrected chi connectivity index (χ0v) is 12.9. The topological polar surface area (TPSA) is 41.1 Å². The molecular formula is C15H24N2OS. The van der Waals surface area contributed by atoms with E-state index in [1.165, 1.54) is 31.2 Å². The molecule has 2 amide bonds. The average molecular weight is 280 g/mol. The van der Waals surface area contributed by atoms with Crippen molar-refractivity contribution < 1.29 is 4.79 Å². The Labute approximate surface area is 119 Å². The van der Waals surface area contributed by atoms with Gasteiger partial charge in [-0.3, -0.25) is 0 Å². The molecule has 2 rings (SSSR count). The SMILES string of the molecule is CC(C)(C)NC(=O)NCC1(c2ccsc2)CCCC1. The molecule has 1 aliphatic rings. The number of amides is 2. The van der Waals surface area contributed by atoms with Crippen LogP contribution in [0.15, 0.2) is 16.8 Å². The van der Waals surface area contributed by atoms with E-state index in [9.17, 15) is 4.79 Å². The molecular weight excluding hydrogens is 256 g/mol. The molecule has 0 bridgehead atoms. The molecule has 2 N–H and O–H groups in total. The van der Waals surface area contributed by atoms with Crippen LogP contribution in [0.2, 0.25) is 0 Å². The van der Waals surface area contributed by atoms with E-state index in [1.54, 1.807) is 11.3 Å². The summed E-state index contributed by atoms with van der Waals surface area (Å²) >= 11 is 1.74. The molecule has 1 aromatic rings. The number of carbonyl (C=O) groups is 1. The minimum atomic E-state index is -0.185. The second-order valence-electron chi connectivity index (χ2n) is 6.56. The number of hydrogen-bond donors (Lipinski definition) is 2. The lowest BCUT2D eigenvalue weighted by molar-refractivity contribution is 0.228. The quantitative estimate of drug-likeness (QED) is 0.871. The van der Waals surface area contributed by atoms with Crippen LogP contribution in [0.1, 0.15) is 52.0 Å². The lowest BCUT2D eigenvalue weighted by atomic mass is 9.80. The van der Waals surface area contributed by atoms with Gasteiger partial charge in [0.05, 0.1) is 0 Å². The zero-order chi connectivity index (χ0) is 13.9. The lowest BCUT2D eigenvalue weighted by Crippen LogP contribution is -2.49. The van der Waals surface area contributed by atoms with Gasteiger partial charge in [0, 0.05) is 17.5 Å². The summed E-state index contributed by atoms with van der Waals surface area (Å²) < 4.78 is 0. The summed E-state index contributed by atoms with van der Waals surface area (Å²) in [6.45, 7) is 6.73. The smallest absolute Gasteiger partial charge is 0.315 e. The molecule has 4 heteroatoms. The average Bonchev–Trinajstić information content (AvgIpc) is 2.96. The van der Waals surface area contributed by atoms with Gasteiger partial charge >= 0.3 is 6.03 Å². The molecule has 0 atom stereocenters. The van der Waals surface area contributed by atoms with Gasteiger partial charge in [-0.2, -0.15) is 11.3 Å². The van der Waals surface area contributed by atoms with E-state index in [2.05, 4.69) is 27.5 Å². The van der Waals surface area contributed by atoms with Gasteiger partial charge in [-0.15, -0.1) is 0 Å². The first-order valence-corrected chi connectivity index (χ1v) is 7.94. The number of hydrogen-bond acceptors (Lipinski definition) is 2. The van der Waals surface area contributed by atoms with E-state index in [0.29, 0.717) is 0 Å².